The molecule has 0 aliphatic carbocycles. The number of rotatable bonds is 9. The van der Waals surface area contributed by atoms with E-state index in [0.29, 0.717) is 29.5 Å². The third-order valence-electron chi connectivity index (χ3n) is 3.89. The first-order chi connectivity index (χ1) is 12.6. The average molecular weight is 375 g/mol. The lowest BCUT2D eigenvalue weighted by Gasteiger charge is -2.14. The van der Waals surface area contributed by atoms with Crippen LogP contribution in [-0.2, 0) is 17.1 Å². The summed E-state index contributed by atoms with van der Waals surface area (Å²) in [6, 6.07) is 11.9. The zero-order chi connectivity index (χ0) is 18.9. The number of carbonyl (C=O) groups excluding carboxylic acids is 1. The van der Waals surface area contributed by atoms with Gasteiger partial charge in [0.05, 0.1) is 27.1 Å². The van der Waals surface area contributed by atoms with Crippen molar-refractivity contribution in [2.75, 3.05) is 27.1 Å². The van der Waals surface area contributed by atoms with Crippen LogP contribution in [0.5, 0.6) is 17.2 Å². The molecule has 0 fully saturated rings. The largest absolute Gasteiger partial charge is 0.496 e. The Morgan fingerprint density at radius 2 is 1.58 bits per heavy atom. The summed E-state index contributed by atoms with van der Waals surface area (Å²) in [5, 5.41) is 2.92. The Labute approximate surface area is 159 Å². The van der Waals surface area contributed by atoms with Gasteiger partial charge in [0.15, 0.2) is 11.5 Å². The first-order valence-electron chi connectivity index (χ1n) is 8.26. The fourth-order valence-electron chi connectivity index (χ4n) is 2.42. The van der Waals surface area contributed by atoms with E-state index in [2.05, 4.69) is 36.5 Å². The minimum atomic E-state index is -0.0149. The Kier molecular flexibility index (Phi) is 7.66. The molecule has 0 aliphatic heterocycles. The molecule has 26 heavy (non-hydrogen) atoms. The van der Waals surface area contributed by atoms with Crippen molar-refractivity contribution in [1.82, 2.24) is 5.32 Å². The number of amides is 1. The molecule has 140 valence electrons. The summed E-state index contributed by atoms with van der Waals surface area (Å²) < 4.78 is 16.0. The van der Waals surface area contributed by atoms with Crippen molar-refractivity contribution < 1.29 is 19.0 Å². The summed E-state index contributed by atoms with van der Waals surface area (Å²) in [6.45, 7) is 2.43. The second-order valence-electron chi connectivity index (χ2n) is 5.77. The van der Waals surface area contributed by atoms with Gasteiger partial charge in [0.1, 0.15) is 5.75 Å². The predicted octanol–water partition coefficient (Wildman–Crippen LogP) is 3.57. The van der Waals surface area contributed by atoms with Crippen LogP contribution in [0.1, 0.15) is 16.7 Å². The average Bonchev–Trinajstić information content (AvgIpc) is 2.67. The van der Waals surface area contributed by atoms with Crippen LogP contribution in [0.3, 0.4) is 0 Å². The van der Waals surface area contributed by atoms with Gasteiger partial charge in [-0.05, 0) is 18.6 Å². The standard InChI is InChI=1S/C20H25NO4S/c1-14-5-7-15(8-6-14)12-26-13-20(22)21-11-16-9-18(24-3)19(25-4)10-17(16)23-2/h5-10H,11-13H2,1-4H3,(H,21,22). The maximum Gasteiger partial charge on any atom is 0.230 e. The molecule has 0 aromatic heterocycles. The zero-order valence-electron chi connectivity index (χ0n) is 15.6. The van der Waals surface area contributed by atoms with E-state index >= 15 is 0 Å². The molecule has 0 aliphatic rings. The second kappa shape index (κ2) is 9.97. The van der Waals surface area contributed by atoms with Gasteiger partial charge in [-0.25, -0.2) is 0 Å². The van der Waals surface area contributed by atoms with Crippen LogP contribution < -0.4 is 19.5 Å². The predicted molar refractivity (Wildman–Crippen MR) is 105 cm³/mol. The Balaban J connectivity index is 1.87. The van der Waals surface area contributed by atoms with Crippen molar-refractivity contribution in [3.05, 3.63) is 53.1 Å². The molecule has 2 rings (SSSR count). The summed E-state index contributed by atoms with van der Waals surface area (Å²) in [5.41, 5.74) is 3.29. The van der Waals surface area contributed by atoms with Crippen LogP contribution >= 0.6 is 11.8 Å². The summed E-state index contributed by atoms with van der Waals surface area (Å²) in [5.74, 6) is 3.05. The summed E-state index contributed by atoms with van der Waals surface area (Å²) in [4.78, 5) is 12.1. The maximum atomic E-state index is 12.1. The highest BCUT2D eigenvalue weighted by atomic mass is 32.2. The Hall–Kier alpha value is -2.34. The van der Waals surface area contributed by atoms with Crippen molar-refractivity contribution in [2.45, 2.75) is 19.2 Å². The fraction of sp³-hybridized carbons (Fsp3) is 0.350. The molecule has 2 aromatic carbocycles. The van der Waals surface area contributed by atoms with Gasteiger partial charge in [-0.3, -0.25) is 4.79 Å². The fourth-order valence-corrected chi connectivity index (χ4v) is 3.24. The van der Waals surface area contributed by atoms with Crippen LogP contribution in [-0.4, -0.2) is 33.0 Å². The Morgan fingerprint density at radius 1 is 0.962 bits per heavy atom. The van der Waals surface area contributed by atoms with Crippen LogP contribution in [0, 0.1) is 6.92 Å². The number of ether oxygens (including phenoxy) is 3. The number of hydrogen-bond acceptors (Lipinski definition) is 5. The van der Waals surface area contributed by atoms with E-state index in [0.717, 1.165) is 11.3 Å². The molecule has 0 heterocycles. The van der Waals surface area contributed by atoms with Crippen LogP contribution in [0.4, 0.5) is 0 Å². The second-order valence-corrected chi connectivity index (χ2v) is 6.76. The molecule has 1 N–H and O–H groups in total. The molecule has 0 atom stereocenters. The lowest BCUT2D eigenvalue weighted by molar-refractivity contribution is -0.118. The number of nitrogens with one attached hydrogen (secondary N) is 1. The molecule has 0 saturated heterocycles. The Bertz CT molecular complexity index is 731. The number of methoxy groups -OCH3 is 3. The first kappa shape index (κ1) is 20.0. The lowest BCUT2D eigenvalue weighted by Crippen LogP contribution is -2.25. The molecule has 5 nitrogen and oxygen atoms in total. The summed E-state index contributed by atoms with van der Waals surface area (Å²) >= 11 is 1.59. The van der Waals surface area contributed by atoms with Crippen molar-refractivity contribution in [2.24, 2.45) is 0 Å². The zero-order valence-corrected chi connectivity index (χ0v) is 16.4. The smallest absolute Gasteiger partial charge is 0.230 e. The van der Waals surface area contributed by atoms with Crippen LogP contribution in [0.2, 0.25) is 0 Å². The normalized spacial score (nSPS) is 10.3. The highest BCUT2D eigenvalue weighted by Crippen LogP contribution is 2.34. The highest BCUT2D eigenvalue weighted by Gasteiger charge is 2.12. The van der Waals surface area contributed by atoms with Crippen molar-refractivity contribution in [3.63, 3.8) is 0 Å². The van der Waals surface area contributed by atoms with Gasteiger partial charge in [0.25, 0.3) is 0 Å². The van der Waals surface area contributed by atoms with Gasteiger partial charge in [-0.1, -0.05) is 29.8 Å². The molecular formula is C20H25NO4S. The van der Waals surface area contributed by atoms with Crippen LogP contribution in [0.25, 0.3) is 0 Å². The van der Waals surface area contributed by atoms with Gasteiger partial charge >= 0.3 is 0 Å². The van der Waals surface area contributed by atoms with Crippen molar-refractivity contribution >= 4 is 17.7 Å². The number of hydrogen-bond donors (Lipinski definition) is 1. The molecule has 1 amide bonds. The van der Waals surface area contributed by atoms with Gasteiger partial charge < -0.3 is 19.5 Å². The Morgan fingerprint density at radius 3 is 2.19 bits per heavy atom. The topological polar surface area (TPSA) is 56.8 Å². The minimum Gasteiger partial charge on any atom is -0.496 e. The van der Waals surface area contributed by atoms with E-state index < -0.39 is 0 Å². The minimum absolute atomic E-state index is 0.0149. The molecule has 6 heteroatoms. The SMILES string of the molecule is COc1cc(OC)c(OC)cc1CNC(=O)CSCc1ccc(C)cc1. The first-order valence-corrected chi connectivity index (χ1v) is 9.41. The third kappa shape index (κ3) is 5.59. The van der Waals surface area contributed by atoms with Crippen molar-refractivity contribution in [1.29, 1.82) is 0 Å². The molecule has 2 aromatic rings. The number of carbonyl (C=O) groups is 1. The highest BCUT2D eigenvalue weighted by molar-refractivity contribution is 7.99. The van der Waals surface area contributed by atoms with Gasteiger partial charge in [-0.15, -0.1) is 11.8 Å². The van der Waals surface area contributed by atoms with Gasteiger partial charge in [-0.2, -0.15) is 0 Å². The number of aryl methyl sites for hydroxylation is 1. The lowest BCUT2D eigenvalue weighted by atomic mass is 10.1. The molecule has 0 bridgehead atoms. The molecule has 0 radical (unpaired) electrons. The molecule has 0 unspecified atom stereocenters. The maximum absolute atomic E-state index is 12.1. The van der Waals surface area contributed by atoms with Gasteiger partial charge in [0, 0.05) is 23.9 Å². The molecular weight excluding hydrogens is 350 g/mol. The van der Waals surface area contributed by atoms with Gasteiger partial charge in [0.2, 0.25) is 5.91 Å². The van der Waals surface area contributed by atoms with E-state index in [9.17, 15) is 4.79 Å². The van der Waals surface area contributed by atoms with E-state index in [1.165, 1.54) is 11.1 Å². The van der Waals surface area contributed by atoms with Crippen molar-refractivity contribution in [3.8, 4) is 17.2 Å². The van der Waals surface area contributed by atoms with E-state index in [-0.39, 0.29) is 5.91 Å². The van der Waals surface area contributed by atoms with E-state index in [1.807, 2.05) is 6.07 Å². The van der Waals surface area contributed by atoms with E-state index in [1.54, 1.807) is 39.2 Å². The summed E-state index contributed by atoms with van der Waals surface area (Å²) in [7, 11) is 4.74. The quantitative estimate of drug-likeness (QED) is 0.726. The molecule has 0 spiro atoms. The summed E-state index contributed by atoms with van der Waals surface area (Å²) in [6.07, 6.45) is 0. The number of benzene rings is 2. The third-order valence-corrected chi connectivity index (χ3v) is 4.89. The van der Waals surface area contributed by atoms with Crippen LogP contribution in [0.15, 0.2) is 36.4 Å². The van der Waals surface area contributed by atoms with E-state index in [4.69, 9.17) is 14.2 Å². The number of thioether (sulfide) groups is 1. The monoisotopic (exact) mass is 375 g/mol. The molecule has 0 saturated carbocycles.